The van der Waals surface area contributed by atoms with E-state index in [2.05, 4.69) is 5.32 Å². The second-order valence-corrected chi connectivity index (χ2v) is 6.00. The van der Waals surface area contributed by atoms with E-state index in [1.165, 1.54) is 0 Å². The van der Waals surface area contributed by atoms with Gasteiger partial charge < -0.3 is 15.0 Å². The maximum Gasteiger partial charge on any atom is 0.321 e. The average molecular weight is 345 g/mol. The average Bonchev–Trinajstić information content (AvgIpc) is 2.46. The number of hydrogen-bond donors (Lipinski definition) is 1. The zero-order chi connectivity index (χ0) is 16.1. The molecule has 0 aliphatic carbocycles. The molecular weight excluding hydrogens is 327 g/mol. The van der Waals surface area contributed by atoms with Gasteiger partial charge in [-0.2, -0.15) is 0 Å². The van der Waals surface area contributed by atoms with Gasteiger partial charge in [0.1, 0.15) is 0 Å². The maximum absolute atomic E-state index is 12.3. The SMILES string of the molecule is CCOC(=O)[C@@H]1CCCN(C(=O)Nc2cc(Cl)cc(Cl)c2)C1. The largest absolute Gasteiger partial charge is 0.466 e. The quantitative estimate of drug-likeness (QED) is 0.848. The Bertz CT molecular complexity index is 545. The van der Waals surface area contributed by atoms with E-state index in [1.807, 2.05) is 0 Å². The lowest BCUT2D eigenvalue weighted by molar-refractivity contribution is -0.149. The fraction of sp³-hybridized carbons (Fsp3) is 0.467. The molecule has 2 amide bonds. The predicted molar refractivity (Wildman–Crippen MR) is 86.4 cm³/mol. The Morgan fingerprint density at radius 3 is 2.64 bits per heavy atom. The number of amides is 2. The molecule has 2 rings (SSSR count). The normalized spacial score (nSPS) is 18.0. The van der Waals surface area contributed by atoms with Crippen LogP contribution in [0.5, 0.6) is 0 Å². The summed E-state index contributed by atoms with van der Waals surface area (Å²) in [6.07, 6.45) is 1.51. The molecule has 1 aliphatic rings. The third kappa shape index (κ3) is 4.52. The summed E-state index contributed by atoms with van der Waals surface area (Å²) >= 11 is 11.8. The van der Waals surface area contributed by atoms with Gasteiger partial charge in [-0.25, -0.2) is 4.79 Å². The van der Waals surface area contributed by atoms with Gasteiger partial charge in [-0.1, -0.05) is 23.2 Å². The summed E-state index contributed by atoms with van der Waals surface area (Å²) in [6, 6.07) is 4.57. The molecule has 0 unspecified atom stereocenters. The van der Waals surface area contributed by atoms with Crippen molar-refractivity contribution in [1.82, 2.24) is 4.90 Å². The summed E-state index contributed by atoms with van der Waals surface area (Å²) in [5.41, 5.74) is 0.528. The van der Waals surface area contributed by atoms with Crippen LogP contribution in [0, 0.1) is 5.92 Å². The van der Waals surface area contributed by atoms with Crippen molar-refractivity contribution >= 4 is 40.9 Å². The predicted octanol–water partition coefficient (Wildman–Crippen LogP) is 3.80. The Kier molecular flexibility index (Phi) is 5.91. The monoisotopic (exact) mass is 344 g/mol. The molecule has 0 bridgehead atoms. The first-order chi connectivity index (χ1) is 10.5. The van der Waals surface area contributed by atoms with Crippen molar-refractivity contribution < 1.29 is 14.3 Å². The van der Waals surface area contributed by atoms with Gasteiger partial charge in [0, 0.05) is 28.8 Å². The Labute approximate surface area is 139 Å². The molecule has 120 valence electrons. The molecule has 1 saturated heterocycles. The number of urea groups is 1. The molecule has 1 fully saturated rings. The van der Waals surface area contributed by atoms with Gasteiger partial charge in [0.25, 0.3) is 0 Å². The van der Waals surface area contributed by atoms with Gasteiger partial charge in [-0.15, -0.1) is 0 Å². The Morgan fingerprint density at radius 2 is 2.00 bits per heavy atom. The van der Waals surface area contributed by atoms with Crippen LogP contribution in [-0.4, -0.2) is 36.6 Å². The molecule has 1 aliphatic heterocycles. The topological polar surface area (TPSA) is 58.6 Å². The molecule has 1 aromatic rings. The molecule has 1 N–H and O–H groups in total. The van der Waals surface area contributed by atoms with Crippen molar-refractivity contribution in [2.75, 3.05) is 25.0 Å². The molecule has 22 heavy (non-hydrogen) atoms. The highest BCUT2D eigenvalue weighted by molar-refractivity contribution is 6.35. The van der Waals surface area contributed by atoms with E-state index in [0.29, 0.717) is 35.4 Å². The van der Waals surface area contributed by atoms with Crippen molar-refractivity contribution in [3.63, 3.8) is 0 Å². The van der Waals surface area contributed by atoms with Gasteiger partial charge in [-0.3, -0.25) is 4.79 Å². The Balaban J connectivity index is 1.98. The van der Waals surface area contributed by atoms with Crippen molar-refractivity contribution in [2.24, 2.45) is 5.92 Å². The first-order valence-electron chi connectivity index (χ1n) is 7.18. The van der Waals surface area contributed by atoms with E-state index < -0.39 is 0 Å². The number of nitrogens with zero attached hydrogens (tertiary/aromatic N) is 1. The maximum atomic E-state index is 12.3. The molecule has 5 nitrogen and oxygen atoms in total. The molecule has 1 atom stereocenters. The summed E-state index contributed by atoms with van der Waals surface area (Å²) in [6.45, 7) is 3.09. The van der Waals surface area contributed by atoms with Crippen molar-refractivity contribution in [2.45, 2.75) is 19.8 Å². The van der Waals surface area contributed by atoms with Gasteiger partial charge in [0.15, 0.2) is 0 Å². The molecule has 7 heteroatoms. The summed E-state index contributed by atoms with van der Waals surface area (Å²) in [5.74, 6) is -0.506. The van der Waals surface area contributed by atoms with Crippen LogP contribution in [0.15, 0.2) is 18.2 Å². The highest BCUT2D eigenvalue weighted by Crippen LogP contribution is 2.24. The number of benzene rings is 1. The minimum absolute atomic E-state index is 0.245. The minimum atomic E-state index is -0.271. The molecule has 0 radical (unpaired) electrons. The number of likely N-dealkylation sites (tertiary alicyclic amines) is 1. The molecular formula is C15H18Cl2N2O3. The summed E-state index contributed by atoms with van der Waals surface area (Å²) < 4.78 is 5.03. The van der Waals surface area contributed by atoms with Crippen LogP contribution in [0.25, 0.3) is 0 Å². The number of carbonyl (C=O) groups is 2. The summed E-state index contributed by atoms with van der Waals surface area (Å²) in [4.78, 5) is 25.7. The van der Waals surface area contributed by atoms with E-state index in [0.717, 1.165) is 12.8 Å². The number of anilines is 1. The van der Waals surface area contributed by atoms with E-state index >= 15 is 0 Å². The zero-order valence-electron chi connectivity index (χ0n) is 12.3. The van der Waals surface area contributed by atoms with Crippen molar-refractivity contribution in [3.8, 4) is 0 Å². The second-order valence-electron chi connectivity index (χ2n) is 5.13. The second kappa shape index (κ2) is 7.70. The van der Waals surface area contributed by atoms with Crippen LogP contribution in [0.1, 0.15) is 19.8 Å². The first-order valence-corrected chi connectivity index (χ1v) is 7.94. The number of halogens is 2. The number of hydrogen-bond acceptors (Lipinski definition) is 3. The van der Waals surface area contributed by atoms with Crippen LogP contribution in [-0.2, 0) is 9.53 Å². The van der Waals surface area contributed by atoms with Crippen molar-refractivity contribution in [1.29, 1.82) is 0 Å². The molecule has 1 heterocycles. The fourth-order valence-corrected chi connectivity index (χ4v) is 2.97. The fourth-order valence-electron chi connectivity index (χ4n) is 2.44. The third-order valence-electron chi connectivity index (χ3n) is 3.44. The van der Waals surface area contributed by atoms with Crippen LogP contribution in [0.3, 0.4) is 0 Å². The van der Waals surface area contributed by atoms with Crippen LogP contribution < -0.4 is 5.32 Å². The van der Waals surface area contributed by atoms with Gasteiger partial charge in [0.2, 0.25) is 0 Å². The van der Waals surface area contributed by atoms with E-state index in [4.69, 9.17) is 27.9 Å². The van der Waals surface area contributed by atoms with Crippen LogP contribution >= 0.6 is 23.2 Å². The van der Waals surface area contributed by atoms with Gasteiger partial charge >= 0.3 is 12.0 Å². The van der Waals surface area contributed by atoms with Crippen molar-refractivity contribution in [3.05, 3.63) is 28.2 Å². The lowest BCUT2D eigenvalue weighted by Gasteiger charge is -2.31. The standard InChI is InChI=1S/C15H18Cl2N2O3/c1-2-22-14(20)10-4-3-5-19(9-10)15(21)18-13-7-11(16)6-12(17)8-13/h6-8,10H,2-5,9H2,1H3,(H,18,21)/t10-/m1/s1. The smallest absolute Gasteiger partial charge is 0.321 e. The number of nitrogens with one attached hydrogen (secondary N) is 1. The van der Waals surface area contributed by atoms with Gasteiger partial charge in [-0.05, 0) is 38.0 Å². The number of esters is 1. The summed E-state index contributed by atoms with van der Waals surface area (Å²) in [5, 5.41) is 3.65. The summed E-state index contributed by atoms with van der Waals surface area (Å²) in [7, 11) is 0. The lowest BCUT2D eigenvalue weighted by atomic mass is 9.98. The molecule has 1 aromatic carbocycles. The number of rotatable bonds is 3. The van der Waals surface area contributed by atoms with E-state index in [1.54, 1.807) is 30.0 Å². The van der Waals surface area contributed by atoms with Crippen LogP contribution in [0.4, 0.5) is 10.5 Å². The molecule has 0 spiro atoms. The highest BCUT2D eigenvalue weighted by Gasteiger charge is 2.29. The van der Waals surface area contributed by atoms with Crippen LogP contribution in [0.2, 0.25) is 10.0 Å². The Morgan fingerprint density at radius 1 is 1.32 bits per heavy atom. The van der Waals surface area contributed by atoms with Gasteiger partial charge in [0.05, 0.1) is 12.5 Å². The first kappa shape index (κ1) is 16.9. The number of piperidine rings is 1. The third-order valence-corrected chi connectivity index (χ3v) is 3.88. The minimum Gasteiger partial charge on any atom is -0.466 e. The number of ether oxygens (including phenoxy) is 1. The number of carbonyl (C=O) groups excluding carboxylic acids is 2. The highest BCUT2D eigenvalue weighted by atomic mass is 35.5. The zero-order valence-corrected chi connectivity index (χ0v) is 13.8. The Hall–Kier alpha value is -1.46. The van der Waals surface area contributed by atoms with E-state index in [9.17, 15) is 9.59 Å². The molecule has 0 aromatic heterocycles. The lowest BCUT2D eigenvalue weighted by Crippen LogP contribution is -2.44. The molecule has 0 saturated carbocycles. The van der Waals surface area contributed by atoms with E-state index in [-0.39, 0.29) is 17.9 Å².